The van der Waals surface area contributed by atoms with E-state index in [2.05, 4.69) is 29.1 Å². The smallest absolute Gasteiger partial charge is 0.247 e. The van der Waals surface area contributed by atoms with Crippen molar-refractivity contribution in [2.75, 3.05) is 24.6 Å². The summed E-state index contributed by atoms with van der Waals surface area (Å²) in [5.74, 6) is -1.77. The molecule has 9 heteroatoms. The van der Waals surface area contributed by atoms with Gasteiger partial charge in [-0.15, -0.1) is 24.9 Å². The van der Waals surface area contributed by atoms with E-state index in [1.165, 1.54) is 0 Å². The average molecular weight is 591 g/mol. The zero-order valence-corrected chi connectivity index (χ0v) is 24.0. The predicted molar refractivity (Wildman–Crippen MR) is 152 cm³/mol. The number of carbonyl (C=O) groups excluding carboxylic acids is 3. The maximum absolute atomic E-state index is 14.2. The lowest BCUT2D eigenvalue weighted by Gasteiger charge is -2.40. The highest BCUT2D eigenvalue weighted by Gasteiger charge is 2.76. The Bertz CT molecular complexity index is 1070. The summed E-state index contributed by atoms with van der Waals surface area (Å²) in [6.45, 7) is 13.7. The molecule has 0 aliphatic carbocycles. The summed E-state index contributed by atoms with van der Waals surface area (Å²) in [6.07, 6.45) is 3.97. The van der Waals surface area contributed by atoms with Crippen molar-refractivity contribution in [2.45, 2.75) is 60.1 Å². The third kappa shape index (κ3) is 4.46. The zero-order valence-electron chi connectivity index (χ0n) is 21.6. The van der Waals surface area contributed by atoms with Crippen molar-refractivity contribution < 1.29 is 19.5 Å². The molecule has 3 aliphatic rings. The summed E-state index contributed by atoms with van der Waals surface area (Å²) in [5, 5.41) is 9.94. The molecule has 1 aromatic carbocycles. The van der Waals surface area contributed by atoms with E-state index in [9.17, 15) is 19.5 Å². The lowest BCUT2D eigenvalue weighted by atomic mass is 9.70. The van der Waals surface area contributed by atoms with Gasteiger partial charge in [0.15, 0.2) is 0 Å². The van der Waals surface area contributed by atoms with Crippen molar-refractivity contribution in [1.82, 2.24) is 9.80 Å². The van der Waals surface area contributed by atoms with E-state index in [0.717, 1.165) is 5.69 Å². The van der Waals surface area contributed by atoms with E-state index in [-0.39, 0.29) is 40.4 Å². The topological polar surface area (TPSA) is 81.2 Å². The number of hydrogen-bond donors (Lipinski definition) is 1. The SMILES string of the molecule is C=CCN(C(=O)[C@H]1[C@@H]2SC3(CC2Br)C(C(=O)N(CC=C)C(C)C)N([C@H](C)CO)C(=O)[C@H]13)c1ccccc1. The van der Waals surface area contributed by atoms with Crippen LogP contribution in [-0.2, 0) is 14.4 Å². The second-order valence-corrected chi connectivity index (χ2v) is 13.1. The van der Waals surface area contributed by atoms with Crippen LogP contribution in [0.1, 0.15) is 27.2 Å². The molecule has 4 rings (SSSR count). The Kier molecular flexibility index (Phi) is 8.26. The minimum absolute atomic E-state index is 0.0246. The maximum Gasteiger partial charge on any atom is 0.247 e. The minimum atomic E-state index is -0.771. The van der Waals surface area contributed by atoms with Crippen LogP contribution in [0, 0.1) is 11.8 Å². The van der Waals surface area contributed by atoms with Gasteiger partial charge in [0.1, 0.15) is 6.04 Å². The number of carbonyl (C=O) groups is 3. The number of aliphatic hydroxyl groups excluding tert-OH is 1. The van der Waals surface area contributed by atoms with Gasteiger partial charge in [-0.3, -0.25) is 14.4 Å². The third-order valence-electron chi connectivity index (χ3n) is 7.86. The molecule has 2 bridgehead atoms. The van der Waals surface area contributed by atoms with Gasteiger partial charge in [-0.25, -0.2) is 0 Å². The number of alkyl halides is 1. The number of aliphatic hydroxyl groups is 1. The van der Waals surface area contributed by atoms with Gasteiger partial charge in [0, 0.05) is 34.9 Å². The number of amides is 3. The van der Waals surface area contributed by atoms with Crippen LogP contribution in [0.4, 0.5) is 5.69 Å². The van der Waals surface area contributed by atoms with Crippen molar-refractivity contribution in [3.05, 3.63) is 55.6 Å². The standard InChI is InChI=1S/C28H36BrN3O4S/c1-6-13-30(17(3)4)27(36)24-28-15-20(29)23(37-28)21(22(28)26(35)32(24)18(5)16-33)25(34)31(14-7-2)19-11-9-8-10-12-19/h6-12,17-18,20-24,33H,1-2,13-16H2,3-5H3/t18-,20?,21-,22+,23-,24?,28?/m1/s1. The van der Waals surface area contributed by atoms with Crippen LogP contribution in [-0.4, -0.2) is 85.3 Å². The van der Waals surface area contributed by atoms with Crippen LogP contribution in [0.5, 0.6) is 0 Å². The molecule has 3 saturated heterocycles. The fourth-order valence-electron chi connectivity index (χ4n) is 6.28. The molecule has 1 aromatic rings. The van der Waals surface area contributed by atoms with Crippen molar-refractivity contribution in [1.29, 1.82) is 0 Å². The highest BCUT2D eigenvalue weighted by atomic mass is 79.9. The van der Waals surface area contributed by atoms with Crippen LogP contribution < -0.4 is 4.90 Å². The molecule has 1 spiro atoms. The summed E-state index contributed by atoms with van der Waals surface area (Å²) < 4.78 is -0.762. The highest BCUT2D eigenvalue weighted by molar-refractivity contribution is 9.09. The van der Waals surface area contributed by atoms with Crippen molar-refractivity contribution in [2.24, 2.45) is 11.8 Å². The number of rotatable bonds is 10. The van der Waals surface area contributed by atoms with Crippen LogP contribution in [0.15, 0.2) is 55.6 Å². The van der Waals surface area contributed by atoms with Gasteiger partial charge in [0.05, 0.1) is 29.2 Å². The number of likely N-dealkylation sites (tertiary alicyclic amines) is 1. The molecule has 3 unspecified atom stereocenters. The highest BCUT2D eigenvalue weighted by Crippen LogP contribution is 2.68. The first-order valence-electron chi connectivity index (χ1n) is 12.8. The first-order chi connectivity index (χ1) is 17.6. The van der Waals surface area contributed by atoms with Crippen molar-refractivity contribution >= 4 is 51.1 Å². The molecule has 37 heavy (non-hydrogen) atoms. The molecule has 0 aromatic heterocycles. The second-order valence-electron chi connectivity index (χ2n) is 10.4. The number of para-hydroxylation sites is 1. The largest absolute Gasteiger partial charge is 0.394 e. The van der Waals surface area contributed by atoms with Crippen LogP contribution in [0.3, 0.4) is 0 Å². The number of hydrogen-bond acceptors (Lipinski definition) is 5. The first-order valence-corrected chi connectivity index (χ1v) is 14.6. The fourth-order valence-corrected chi connectivity index (χ4v) is 9.87. The van der Waals surface area contributed by atoms with E-state index in [1.807, 2.05) is 44.2 Å². The Labute approximate surface area is 232 Å². The first kappa shape index (κ1) is 27.9. The lowest BCUT2D eigenvalue weighted by Crippen LogP contribution is -2.58. The zero-order chi connectivity index (χ0) is 27.1. The molecule has 3 fully saturated rings. The van der Waals surface area contributed by atoms with Crippen LogP contribution in [0.25, 0.3) is 0 Å². The number of halogens is 1. The minimum Gasteiger partial charge on any atom is -0.394 e. The van der Waals surface area contributed by atoms with Gasteiger partial charge < -0.3 is 19.8 Å². The Morgan fingerprint density at radius 2 is 1.84 bits per heavy atom. The fraction of sp³-hybridized carbons (Fsp3) is 0.536. The number of benzene rings is 1. The molecule has 1 N–H and O–H groups in total. The van der Waals surface area contributed by atoms with Crippen LogP contribution >= 0.6 is 27.7 Å². The molecule has 0 saturated carbocycles. The number of thioether (sulfide) groups is 1. The third-order valence-corrected chi connectivity index (χ3v) is 11.1. The van der Waals surface area contributed by atoms with Gasteiger partial charge >= 0.3 is 0 Å². The van der Waals surface area contributed by atoms with Crippen LogP contribution in [0.2, 0.25) is 0 Å². The van der Waals surface area contributed by atoms with E-state index < -0.39 is 28.7 Å². The maximum atomic E-state index is 14.2. The van der Waals surface area contributed by atoms with E-state index in [1.54, 1.807) is 45.5 Å². The Morgan fingerprint density at radius 3 is 2.41 bits per heavy atom. The summed E-state index contributed by atoms with van der Waals surface area (Å²) >= 11 is 5.42. The molecule has 7 atom stereocenters. The quantitative estimate of drug-likeness (QED) is 0.334. The van der Waals surface area contributed by atoms with Gasteiger partial charge in [-0.05, 0) is 39.3 Å². The van der Waals surface area contributed by atoms with Gasteiger partial charge in [-0.2, -0.15) is 0 Å². The van der Waals surface area contributed by atoms with Gasteiger partial charge in [0.2, 0.25) is 17.7 Å². The predicted octanol–water partition coefficient (Wildman–Crippen LogP) is 3.47. The molecular weight excluding hydrogens is 554 g/mol. The summed E-state index contributed by atoms with van der Waals surface area (Å²) in [5.41, 5.74) is 0.746. The number of nitrogens with zero attached hydrogens (tertiary/aromatic N) is 3. The van der Waals surface area contributed by atoms with Gasteiger partial charge in [-0.1, -0.05) is 46.3 Å². The lowest BCUT2D eigenvalue weighted by molar-refractivity contribution is -0.146. The summed E-state index contributed by atoms with van der Waals surface area (Å²) in [4.78, 5) is 47.6. The molecule has 200 valence electrons. The Balaban J connectivity index is 1.81. The summed E-state index contributed by atoms with van der Waals surface area (Å²) in [6, 6.07) is 7.99. The normalized spacial score (nSPS) is 30.8. The number of anilines is 1. The second kappa shape index (κ2) is 10.9. The Morgan fingerprint density at radius 1 is 1.19 bits per heavy atom. The van der Waals surface area contributed by atoms with Crippen molar-refractivity contribution in [3.8, 4) is 0 Å². The van der Waals surface area contributed by atoms with Crippen molar-refractivity contribution in [3.63, 3.8) is 0 Å². The van der Waals surface area contributed by atoms with Gasteiger partial charge in [0.25, 0.3) is 0 Å². The summed E-state index contributed by atoms with van der Waals surface area (Å²) in [7, 11) is 0. The molecule has 7 nitrogen and oxygen atoms in total. The van der Waals surface area contributed by atoms with E-state index in [4.69, 9.17) is 0 Å². The average Bonchev–Trinajstić information content (AvgIpc) is 3.48. The molecule has 3 heterocycles. The molecule has 3 amide bonds. The monoisotopic (exact) mass is 589 g/mol. The van der Waals surface area contributed by atoms with E-state index >= 15 is 0 Å². The Hall–Kier alpha value is -2.10. The molecular formula is C28H36BrN3O4S. The van der Waals surface area contributed by atoms with E-state index in [0.29, 0.717) is 19.5 Å². The number of fused-ring (bicyclic) bond motifs is 1. The molecule has 0 radical (unpaired) electrons. The molecule has 3 aliphatic heterocycles.